The van der Waals surface area contributed by atoms with E-state index in [1.807, 2.05) is 6.07 Å². The van der Waals surface area contributed by atoms with Crippen LogP contribution in [0.15, 0.2) is 200 Å². The molecule has 0 spiro atoms. The number of ether oxygens (including phenoxy) is 3. The molecule has 0 radical (unpaired) electrons. The predicted molar refractivity (Wildman–Crippen MR) is 317 cm³/mol. The number of rotatable bonds is 44. The normalized spacial score (nSPS) is 13.0. The smallest absolute Gasteiger partial charge is 0.311 e. The molecule has 1 aromatic rings. The van der Waals surface area contributed by atoms with Gasteiger partial charge in [0.15, 0.2) is 11.5 Å². The molecule has 0 heterocycles. The van der Waals surface area contributed by atoms with E-state index >= 15 is 0 Å². The number of unbranched alkanes of at least 4 members (excludes halogenated alkanes) is 3. The van der Waals surface area contributed by atoms with Crippen molar-refractivity contribution in [2.45, 2.75) is 181 Å². The van der Waals surface area contributed by atoms with Gasteiger partial charge in [0, 0.05) is 25.7 Å². The molecule has 0 aromatic heterocycles. The van der Waals surface area contributed by atoms with E-state index in [4.69, 9.17) is 14.2 Å². The summed E-state index contributed by atoms with van der Waals surface area (Å²) in [5.41, 5.74) is 0.802. The molecule has 0 bridgehead atoms. The minimum Gasteiger partial charge on any atom is -0.465 e. The number of carbonyl (C=O) groups excluding carboxylic acids is 3. The van der Waals surface area contributed by atoms with Crippen LogP contribution in [-0.4, -0.2) is 24.5 Å². The number of allylic oxidation sites excluding steroid dienone is 30. The van der Waals surface area contributed by atoms with E-state index in [0.717, 1.165) is 121 Å². The summed E-state index contributed by atoms with van der Waals surface area (Å²) in [6, 6.07) is 5.17. The number of hydrogen-bond donors (Lipinski definition) is 0. The van der Waals surface area contributed by atoms with Gasteiger partial charge in [0.2, 0.25) is 0 Å². The molecule has 0 amide bonds. The number of carbonyl (C=O) groups is 3. The van der Waals surface area contributed by atoms with E-state index in [1.165, 1.54) is 0 Å². The fourth-order valence-electron chi connectivity index (χ4n) is 6.77. The molecule has 0 saturated carbocycles. The van der Waals surface area contributed by atoms with Crippen LogP contribution < -0.4 is 9.47 Å². The Labute approximate surface area is 450 Å². The maximum atomic E-state index is 13.1. The van der Waals surface area contributed by atoms with Gasteiger partial charge in [0.1, 0.15) is 0 Å². The lowest BCUT2D eigenvalue weighted by molar-refractivity contribution is -0.143. The molecule has 0 aliphatic heterocycles. The van der Waals surface area contributed by atoms with Gasteiger partial charge in [-0.1, -0.05) is 209 Å². The van der Waals surface area contributed by atoms with Crippen molar-refractivity contribution in [2.75, 3.05) is 6.61 Å². The molecule has 0 saturated heterocycles. The van der Waals surface area contributed by atoms with E-state index in [0.29, 0.717) is 32.1 Å². The van der Waals surface area contributed by atoms with Crippen molar-refractivity contribution in [3.63, 3.8) is 0 Å². The summed E-state index contributed by atoms with van der Waals surface area (Å²) in [6.45, 7) is 6.62. The monoisotopic (exact) mass is 1010 g/mol. The van der Waals surface area contributed by atoms with Crippen molar-refractivity contribution in [3.05, 3.63) is 206 Å². The van der Waals surface area contributed by atoms with Gasteiger partial charge < -0.3 is 14.2 Å². The van der Waals surface area contributed by atoms with E-state index in [1.54, 1.807) is 12.1 Å². The SMILES string of the molecule is CCC=CCC=CCC=CCC=CCC=CCCCC(=O)OCCc1ccc(OC(=O)CCCC=CCC=CCC=CCC=CCC=CCC)c(OC(=O)CCCC=CCC=CCC=CCC=CCC=CCC)c1. The molecule has 1 rings (SSSR count). The number of esters is 3. The Morgan fingerprint density at radius 2 is 0.608 bits per heavy atom. The number of benzene rings is 1. The first-order chi connectivity index (χ1) is 36.5. The second kappa shape index (κ2) is 53.0. The molecule has 0 aliphatic carbocycles. The Morgan fingerprint density at radius 3 is 0.919 bits per heavy atom. The molecule has 1 aromatic carbocycles. The van der Waals surface area contributed by atoms with Crippen LogP contribution in [0.2, 0.25) is 0 Å². The van der Waals surface area contributed by atoms with Gasteiger partial charge in [0.25, 0.3) is 0 Å². The van der Waals surface area contributed by atoms with Crippen molar-refractivity contribution >= 4 is 17.9 Å². The van der Waals surface area contributed by atoms with Crippen LogP contribution >= 0.6 is 0 Å². The molecule has 0 atom stereocenters. The maximum absolute atomic E-state index is 13.1. The molecule has 6 heteroatoms. The van der Waals surface area contributed by atoms with Crippen LogP contribution in [0.3, 0.4) is 0 Å². The summed E-state index contributed by atoms with van der Waals surface area (Å²) >= 11 is 0. The lowest BCUT2D eigenvalue weighted by Crippen LogP contribution is -2.12. The zero-order chi connectivity index (χ0) is 53.3. The van der Waals surface area contributed by atoms with Crippen molar-refractivity contribution in [3.8, 4) is 11.5 Å². The van der Waals surface area contributed by atoms with Crippen LogP contribution in [0.1, 0.15) is 180 Å². The molecular weight excluding hydrogens is 913 g/mol. The molecule has 6 nitrogen and oxygen atoms in total. The average molecular weight is 1010 g/mol. The molecule has 0 aliphatic rings. The van der Waals surface area contributed by atoms with Crippen molar-refractivity contribution in [2.24, 2.45) is 0 Å². The fraction of sp³-hybridized carbons (Fsp3) is 0.426. The Morgan fingerprint density at radius 1 is 0.338 bits per heavy atom. The van der Waals surface area contributed by atoms with Crippen molar-refractivity contribution in [1.29, 1.82) is 0 Å². The first kappa shape index (κ1) is 65.7. The summed E-state index contributed by atoms with van der Waals surface area (Å²) in [7, 11) is 0. The van der Waals surface area contributed by atoms with Crippen LogP contribution in [0, 0.1) is 0 Å². The Hall–Kier alpha value is -6.27. The Kier molecular flexibility index (Phi) is 47.1. The van der Waals surface area contributed by atoms with E-state index < -0.39 is 5.97 Å². The Balaban J connectivity index is 2.60. The van der Waals surface area contributed by atoms with Crippen LogP contribution in [0.4, 0.5) is 0 Å². The quantitative estimate of drug-likeness (QED) is 0.0280. The first-order valence-corrected chi connectivity index (χ1v) is 27.9. The molecule has 402 valence electrons. The second-order valence-corrected chi connectivity index (χ2v) is 17.5. The van der Waals surface area contributed by atoms with E-state index in [2.05, 4.69) is 203 Å². The topological polar surface area (TPSA) is 78.9 Å². The number of hydrogen-bond acceptors (Lipinski definition) is 6. The van der Waals surface area contributed by atoms with Gasteiger partial charge in [-0.15, -0.1) is 0 Å². The van der Waals surface area contributed by atoms with E-state index in [9.17, 15) is 14.4 Å². The third-order valence-electron chi connectivity index (χ3n) is 10.8. The summed E-state index contributed by atoms with van der Waals surface area (Å²) in [4.78, 5) is 38.5. The maximum Gasteiger partial charge on any atom is 0.311 e. The third kappa shape index (κ3) is 45.6. The summed E-state index contributed by atoms with van der Waals surface area (Å²) in [5, 5.41) is 0. The molecule has 74 heavy (non-hydrogen) atoms. The second-order valence-electron chi connectivity index (χ2n) is 17.5. The minimum absolute atomic E-state index is 0.191. The lowest BCUT2D eigenvalue weighted by atomic mass is 10.1. The first-order valence-electron chi connectivity index (χ1n) is 27.9. The predicted octanol–water partition coefficient (Wildman–Crippen LogP) is 19.3. The van der Waals surface area contributed by atoms with Gasteiger partial charge >= 0.3 is 17.9 Å². The van der Waals surface area contributed by atoms with Crippen LogP contribution in [0.5, 0.6) is 11.5 Å². The largest absolute Gasteiger partial charge is 0.465 e. The van der Waals surface area contributed by atoms with Crippen molar-refractivity contribution in [1.82, 2.24) is 0 Å². The highest BCUT2D eigenvalue weighted by molar-refractivity contribution is 5.76. The van der Waals surface area contributed by atoms with Gasteiger partial charge in [-0.05, 0) is 153 Å². The molecule has 0 N–H and O–H groups in total. The van der Waals surface area contributed by atoms with E-state index in [-0.39, 0.29) is 42.9 Å². The third-order valence-corrected chi connectivity index (χ3v) is 10.8. The molecular formula is C68H94O6. The van der Waals surface area contributed by atoms with Crippen LogP contribution in [-0.2, 0) is 25.5 Å². The summed E-state index contributed by atoms with van der Waals surface area (Å²) in [6.07, 6.45) is 84.9. The fourth-order valence-corrected chi connectivity index (χ4v) is 6.77. The van der Waals surface area contributed by atoms with Gasteiger partial charge in [-0.2, -0.15) is 0 Å². The summed E-state index contributed by atoms with van der Waals surface area (Å²) in [5.74, 6) is -0.640. The summed E-state index contributed by atoms with van der Waals surface area (Å²) < 4.78 is 17.1. The highest BCUT2D eigenvalue weighted by Crippen LogP contribution is 2.30. The van der Waals surface area contributed by atoms with Crippen molar-refractivity contribution < 1.29 is 28.6 Å². The average Bonchev–Trinajstić information content (AvgIpc) is 3.39. The van der Waals surface area contributed by atoms with Crippen LogP contribution in [0.25, 0.3) is 0 Å². The zero-order valence-corrected chi connectivity index (χ0v) is 45.9. The standard InChI is InChI=1S/C68H94O6/c1-4-7-10-13-16-19-22-25-28-31-34-37-40-43-46-49-52-55-66(69)72-61-60-63-58-59-64(73-67(70)56-53-50-47-44-41-38-35-32-29-26-23-20-17-14-11-8-5-2)65(62-63)74-68(71)57-54-51-48-45-42-39-36-33-30-27-24-21-18-15-12-9-6-3/h7-12,16-21,25-30,34-39,43-48,58-59,62H,4-6,13-15,22-24,31-33,40-42,49-57,60-61H2,1-3H3. The zero-order valence-electron chi connectivity index (χ0n) is 45.9. The molecule has 0 unspecified atom stereocenters. The van der Waals surface area contributed by atoms with Gasteiger partial charge in [-0.25, -0.2) is 0 Å². The lowest BCUT2D eigenvalue weighted by Gasteiger charge is -2.13. The Bertz CT molecular complexity index is 2050. The van der Waals surface area contributed by atoms with Gasteiger partial charge in [0.05, 0.1) is 6.61 Å². The van der Waals surface area contributed by atoms with Gasteiger partial charge in [-0.3, -0.25) is 14.4 Å². The molecule has 0 fully saturated rings. The highest BCUT2D eigenvalue weighted by Gasteiger charge is 2.15. The minimum atomic E-state index is -0.399. The highest BCUT2D eigenvalue weighted by atomic mass is 16.6.